The van der Waals surface area contributed by atoms with Crippen molar-refractivity contribution in [1.82, 2.24) is 20.1 Å². The fourth-order valence-electron chi connectivity index (χ4n) is 3.22. The van der Waals surface area contributed by atoms with Crippen LogP contribution in [0.1, 0.15) is 30.1 Å². The lowest BCUT2D eigenvalue weighted by Crippen LogP contribution is -2.38. The summed E-state index contributed by atoms with van der Waals surface area (Å²) in [7, 11) is 0. The first-order chi connectivity index (χ1) is 12.7. The summed E-state index contributed by atoms with van der Waals surface area (Å²) in [6.07, 6.45) is 4.05. The van der Waals surface area contributed by atoms with Crippen LogP contribution in [-0.2, 0) is 6.54 Å². The monoisotopic (exact) mass is 421 g/mol. The average molecular weight is 422 g/mol. The van der Waals surface area contributed by atoms with Crippen LogP contribution in [0.2, 0.25) is 0 Å². The Kier molecular flexibility index (Phi) is 7.41. The number of hydrogen-bond acceptors (Lipinski definition) is 4. The third-order valence-electron chi connectivity index (χ3n) is 4.95. The highest BCUT2D eigenvalue weighted by Gasteiger charge is 2.28. The largest absolute Gasteiger partial charge is 0.350 e. The molecule has 0 bridgehead atoms. The van der Waals surface area contributed by atoms with Crippen LogP contribution in [0.15, 0.2) is 42.6 Å². The topological polar surface area (TPSA) is 85.8 Å². The number of carbonyl (C=O) groups is 1. The van der Waals surface area contributed by atoms with E-state index in [2.05, 4.69) is 10.4 Å². The Bertz CT molecular complexity index is 940. The molecular formula is C20H25Cl2N5O. The second kappa shape index (κ2) is 9.37. The van der Waals surface area contributed by atoms with Crippen molar-refractivity contribution in [3.05, 3.63) is 48.2 Å². The van der Waals surface area contributed by atoms with E-state index in [1.54, 1.807) is 6.20 Å². The lowest BCUT2D eigenvalue weighted by atomic mass is 10.1. The van der Waals surface area contributed by atoms with Crippen LogP contribution in [0.25, 0.3) is 22.3 Å². The second-order valence-corrected chi connectivity index (χ2v) is 6.83. The molecule has 1 unspecified atom stereocenters. The van der Waals surface area contributed by atoms with Gasteiger partial charge in [0.1, 0.15) is 0 Å². The molecule has 1 fully saturated rings. The summed E-state index contributed by atoms with van der Waals surface area (Å²) in [5.41, 5.74) is 9.18. The average Bonchev–Trinajstić information content (AvgIpc) is 3.45. The molecule has 150 valence electrons. The number of carbonyl (C=O) groups excluding carboxylic acids is 1. The Hall–Kier alpha value is -2.15. The first-order valence-corrected chi connectivity index (χ1v) is 9.13. The standard InChI is InChI=1S/C20H23N5O.2ClH/c1-2-25-19-16(11-23-25)15(20(26)22-12-17(21)13-8-9-13)10-18(24-19)14-6-4-3-5-7-14;;/h3-7,10-11,13,17H,2,8-9,12,21H2,1H3,(H,22,26);2*1H. The zero-order valence-corrected chi connectivity index (χ0v) is 17.3. The van der Waals surface area contributed by atoms with Gasteiger partial charge >= 0.3 is 0 Å². The van der Waals surface area contributed by atoms with Crippen molar-refractivity contribution >= 4 is 41.8 Å². The molecular weight excluding hydrogens is 397 g/mol. The molecule has 6 nitrogen and oxygen atoms in total. The van der Waals surface area contributed by atoms with Gasteiger partial charge in [0.2, 0.25) is 0 Å². The molecule has 1 saturated carbocycles. The molecule has 0 radical (unpaired) electrons. The molecule has 28 heavy (non-hydrogen) atoms. The highest BCUT2D eigenvalue weighted by molar-refractivity contribution is 6.06. The van der Waals surface area contributed by atoms with Gasteiger partial charge in [-0.15, -0.1) is 24.8 Å². The lowest BCUT2D eigenvalue weighted by Gasteiger charge is -2.13. The number of pyridine rings is 1. The summed E-state index contributed by atoms with van der Waals surface area (Å²) in [5.74, 6) is 0.428. The van der Waals surface area contributed by atoms with Gasteiger partial charge in [0, 0.05) is 24.7 Å². The molecule has 1 atom stereocenters. The van der Waals surface area contributed by atoms with Crippen molar-refractivity contribution in [2.75, 3.05) is 6.54 Å². The van der Waals surface area contributed by atoms with Gasteiger partial charge in [-0.25, -0.2) is 9.67 Å². The number of rotatable bonds is 6. The van der Waals surface area contributed by atoms with Crippen LogP contribution in [0.3, 0.4) is 0 Å². The van der Waals surface area contributed by atoms with Crippen molar-refractivity contribution in [2.24, 2.45) is 11.7 Å². The third kappa shape index (κ3) is 4.46. The third-order valence-corrected chi connectivity index (χ3v) is 4.95. The number of aryl methyl sites for hydroxylation is 1. The molecule has 0 saturated heterocycles. The van der Waals surface area contributed by atoms with Gasteiger partial charge in [0.05, 0.1) is 22.8 Å². The molecule has 4 rings (SSSR count). The summed E-state index contributed by atoms with van der Waals surface area (Å²) in [6.45, 7) is 3.20. The SMILES string of the molecule is CCn1ncc2c(C(=O)NCC(N)C3CC3)cc(-c3ccccc3)nc21.Cl.Cl. The van der Waals surface area contributed by atoms with E-state index in [1.165, 1.54) is 0 Å². The van der Waals surface area contributed by atoms with Crippen molar-refractivity contribution in [2.45, 2.75) is 32.4 Å². The van der Waals surface area contributed by atoms with Crippen LogP contribution in [0.4, 0.5) is 0 Å². The molecule has 2 aromatic heterocycles. The van der Waals surface area contributed by atoms with Crippen LogP contribution in [0.5, 0.6) is 0 Å². The van der Waals surface area contributed by atoms with Gasteiger partial charge in [-0.3, -0.25) is 4.79 Å². The van der Waals surface area contributed by atoms with E-state index in [-0.39, 0.29) is 36.8 Å². The molecule has 0 spiro atoms. The molecule has 3 N–H and O–H groups in total. The highest BCUT2D eigenvalue weighted by atomic mass is 35.5. The molecule has 2 heterocycles. The number of benzene rings is 1. The van der Waals surface area contributed by atoms with Gasteiger partial charge in [-0.1, -0.05) is 30.3 Å². The number of hydrogen-bond donors (Lipinski definition) is 2. The number of nitrogens with one attached hydrogen (secondary N) is 1. The molecule has 0 aliphatic heterocycles. The van der Waals surface area contributed by atoms with E-state index in [9.17, 15) is 4.79 Å². The number of nitrogens with two attached hydrogens (primary N) is 1. The predicted octanol–water partition coefficient (Wildman–Crippen LogP) is 3.43. The minimum Gasteiger partial charge on any atom is -0.350 e. The van der Waals surface area contributed by atoms with E-state index >= 15 is 0 Å². The summed E-state index contributed by atoms with van der Waals surface area (Å²) >= 11 is 0. The first kappa shape index (κ1) is 22.1. The van der Waals surface area contributed by atoms with Crippen molar-refractivity contribution < 1.29 is 4.79 Å². The second-order valence-electron chi connectivity index (χ2n) is 6.83. The number of amides is 1. The summed E-state index contributed by atoms with van der Waals surface area (Å²) in [4.78, 5) is 17.6. The van der Waals surface area contributed by atoms with Gasteiger partial charge in [0.25, 0.3) is 5.91 Å². The zero-order valence-electron chi connectivity index (χ0n) is 15.7. The van der Waals surface area contributed by atoms with E-state index in [1.807, 2.05) is 48.0 Å². The number of nitrogens with zero attached hydrogens (tertiary/aromatic N) is 3. The maximum atomic E-state index is 12.9. The Morgan fingerprint density at radius 1 is 1.29 bits per heavy atom. The Labute approximate surface area is 176 Å². The van der Waals surface area contributed by atoms with E-state index in [0.29, 0.717) is 24.6 Å². The normalized spacial score (nSPS) is 14.1. The van der Waals surface area contributed by atoms with Crippen molar-refractivity contribution in [3.8, 4) is 11.3 Å². The van der Waals surface area contributed by atoms with Crippen LogP contribution in [-0.4, -0.2) is 33.3 Å². The number of halogens is 2. The fourth-order valence-corrected chi connectivity index (χ4v) is 3.22. The van der Waals surface area contributed by atoms with Gasteiger partial charge in [-0.05, 0) is 31.7 Å². The zero-order chi connectivity index (χ0) is 18.1. The van der Waals surface area contributed by atoms with Crippen molar-refractivity contribution in [1.29, 1.82) is 0 Å². The first-order valence-electron chi connectivity index (χ1n) is 9.13. The molecule has 1 aromatic carbocycles. The smallest absolute Gasteiger partial charge is 0.252 e. The van der Waals surface area contributed by atoms with E-state index in [0.717, 1.165) is 35.1 Å². The Morgan fingerprint density at radius 3 is 2.64 bits per heavy atom. The van der Waals surface area contributed by atoms with Gasteiger partial charge in [0.15, 0.2) is 5.65 Å². The highest BCUT2D eigenvalue weighted by Crippen LogP contribution is 2.31. The van der Waals surface area contributed by atoms with E-state index in [4.69, 9.17) is 10.7 Å². The van der Waals surface area contributed by atoms with Gasteiger partial charge in [-0.2, -0.15) is 5.10 Å². The van der Waals surface area contributed by atoms with Crippen LogP contribution < -0.4 is 11.1 Å². The maximum absolute atomic E-state index is 12.9. The molecule has 1 aliphatic rings. The minimum absolute atomic E-state index is 0. The maximum Gasteiger partial charge on any atom is 0.252 e. The molecule has 1 amide bonds. The molecule has 3 aromatic rings. The molecule has 8 heteroatoms. The molecule has 1 aliphatic carbocycles. The predicted molar refractivity (Wildman–Crippen MR) is 116 cm³/mol. The fraction of sp³-hybridized carbons (Fsp3) is 0.350. The summed E-state index contributed by atoms with van der Waals surface area (Å²) in [6, 6.07) is 11.8. The van der Waals surface area contributed by atoms with Crippen molar-refractivity contribution in [3.63, 3.8) is 0 Å². The van der Waals surface area contributed by atoms with Gasteiger partial charge < -0.3 is 11.1 Å². The quantitative estimate of drug-likeness (QED) is 0.638. The number of fused-ring (bicyclic) bond motifs is 1. The Balaban J connectivity index is 0.00000140. The Morgan fingerprint density at radius 2 is 2.00 bits per heavy atom. The van der Waals surface area contributed by atoms with Crippen LogP contribution >= 0.6 is 24.8 Å². The summed E-state index contributed by atoms with van der Waals surface area (Å²) in [5, 5.41) is 8.13. The number of aromatic nitrogens is 3. The van der Waals surface area contributed by atoms with Crippen LogP contribution in [0, 0.1) is 5.92 Å². The lowest BCUT2D eigenvalue weighted by molar-refractivity contribution is 0.0952. The van der Waals surface area contributed by atoms with E-state index < -0.39 is 0 Å². The minimum atomic E-state index is -0.124. The summed E-state index contributed by atoms with van der Waals surface area (Å²) < 4.78 is 1.81.